The van der Waals surface area contributed by atoms with Crippen molar-refractivity contribution < 1.29 is 14.1 Å². The number of piperidine rings is 2. The number of nitrogens with one attached hydrogen (secondary N) is 1. The third-order valence-corrected chi connectivity index (χ3v) is 7.90. The predicted molar refractivity (Wildman–Crippen MR) is 108 cm³/mol. The van der Waals surface area contributed by atoms with Crippen LogP contribution in [0.5, 0.6) is 0 Å². The van der Waals surface area contributed by atoms with Gasteiger partial charge in [0.25, 0.3) is 5.91 Å². The van der Waals surface area contributed by atoms with Crippen LogP contribution >= 0.6 is 11.9 Å². The lowest BCUT2D eigenvalue weighted by Gasteiger charge is -2.39. The Labute approximate surface area is 170 Å². The minimum atomic E-state index is -0.243. The highest BCUT2D eigenvalue weighted by molar-refractivity contribution is 7.97. The lowest BCUT2D eigenvalue weighted by atomic mass is 9.99. The second-order valence-electron chi connectivity index (χ2n) is 8.56. The summed E-state index contributed by atoms with van der Waals surface area (Å²) in [5.74, 6) is 1.73. The van der Waals surface area contributed by atoms with Crippen molar-refractivity contribution in [3.63, 3.8) is 0 Å². The molecule has 28 heavy (non-hydrogen) atoms. The number of fused-ring (bicyclic) bond motifs is 2. The van der Waals surface area contributed by atoms with Gasteiger partial charge in [-0.3, -0.25) is 9.59 Å². The standard InChI is InChI=1S/C20H30N4O3S/c1-13(25)19-11-18(22-27-19)20(26)21-15-9-16-3-4-17(10-15)24(16)28-12-14-5-7-23(2)8-6-14/h11,14-17H,3-10,12H2,1-2H3,(H,21,26)/t15?,16-,17?/m1/s1. The van der Waals surface area contributed by atoms with Crippen LogP contribution < -0.4 is 5.32 Å². The van der Waals surface area contributed by atoms with E-state index in [1.807, 2.05) is 11.9 Å². The van der Waals surface area contributed by atoms with Crippen LogP contribution in [-0.2, 0) is 0 Å². The molecule has 3 atom stereocenters. The number of likely N-dealkylation sites (tertiary alicyclic amines) is 1. The Morgan fingerprint density at radius 2 is 1.89 bits per heavy atom. The van der Waals surface area contributed by atoms with Crippen molar-refractivity contribution in [2.75, 3.05) is 25.9 Å². The summed E-state index contributed by atoms with van der Waals surface area (Å²) in [6.45, 7) is 3.85. The number of nitrogens with zero attached hydrogens (tertiary/aromatic N) is 3. The molecule has 1 N–H and O–H groups in total. The summed E-state index contributed by atoms with van der Waals surface area (Å²) in [7, 11) is 2.21. The molecule has 2 bridgehead atoms. The van der Waals surface area contributed by atoms with Gasteiger partial charge in [-0.05, 0) is 64.6 Å². The largest absolute Gasteiger partial charge is 0.352 e. The number of Topliss-reactive ketones (excluding diaryl/α,β-unsaturated/α-hetero) is 1. The van der Waals surface area contributed by atoms with Crippen molar-refractivity contribution in [1.82, 2.24) is 19.7 Å². The van der Waals surface area contributed by atoms with E-state index in [9.17, 15) is 9.59 Å². The van der Waals surface area contributed by atoms with E-state index in [1.54, 1.807) is 0 Å². The minimum absolute atomic E-state index is 0.130. The Kier molecular flexibility index (Phi) is 6.08. The van der Waals surface area contributed by atoms with Crippen molar-refractivity contribution >= 4 is 23.6 Å². The summed E-state index contributed by atoms with van der Waals surface area (Å²) in [5, 5.41) is 6.84. The molecule has 1 aromatic rings. The summed E-state index contributed by atoms with van der Waals surface area (Å²) in [6.07, 6.45) is 7.03. The number of rotatable bonds is 6. The molecular formula is C20H30N4O3S. The quantitative estimate of drug-likeness (QED) is 0.575. The molecule has 3 saturated heterocycles. The first kappa shape index (κ1) is 19.9. The number of ketones is 1. The number of aromatic nitrogens is 1. The van der Waals surface area contributed by atoms with Gasteiger partial charge in [0.1, 0.15) is 0 Å². The van der Waals surface area contributed by atoms with E-state index in [0.29, 0.717) is 12.1 Å². The third kappa shape index (κ3) is 4.44. The maximum atomic E-state index is 12.5. The molecule has 2 unspecified atom stereocenters. The van der Waals surface area contributed by atoms with Gasteiger partial charge in [-0.1, -0.05) is 17.1 Å². The zero-order valence-corrected chi connectivity index (χ0v) is 17.5. The molecule has 0 radical (unpaired) electrons. The van der Waals surface area contributed by atoms with E-state index in [1.165, 1.54) is 57.5 Å². The van der Waals surface area contributed by atoms with Crippen LogP contribution in [0.4, 0.5) is 0 Å². The number of carbonyl (C=O) groups is 2. The lowest BCUT2D eigenvalue weighted by Crippen LogP contribution is -2.48. The summed E-state index contributed by atoms with van der Waals surface area (Å²) >= 11 is 2.04. The van der Waals surface area contributed by atoms with Crippen LogP contribution in [0, 0.1) is 5.92 Å². The van der Waals surface area contributed by atoms with Crippen LogP contribution in [0.3, 0.4) is 0 Å². The van der Waals surface area contributed by atoms with E-state index in [2.05, 4.69) is 26.7 Å². The van der Waals surface area contributed by atoms with Crippen molar-refractivity contribution in [2.24, 2.45) is 5.92 Å². The van der Waals surface area contributed by atoms with Gasteiger partial charge >= 0.3 is 0 Å². The molecule has 7 nitrogen and oxygen atoms in total. The lowest BCUT2D eigenvalue weighted by molar-refractivity contribution is 0.0898. The molecule has 8 heteroatoms. The zero-order valence-electron chi connectivity index (χ0n) is 16.7. The average Bonchev–Trinajstić information content (AvgIpc) is 3.25. The Bertz CT molecular complexity index is 702. The van der Waals surface area contributed by atoms with Gasteiger partial charge in [0, 0.05) is 36.9 Å². The molecule has 1 amide bonds. The predicted octanol–water partition coefficient (Wildman–Crippen LogP) is 2.59. The molecule has 3 aliphatic heterocycles. The first-order chi connectivity index (χ1) is 13.5. The maximum absolute atomic E-state index is 12.5. The Morgan fingerprint density at radius 1 is 1.21 bits per heavy atom. The second-order valence-corrected chi connectivity index (χ2v) is 9.57. The number of hydrogen-bond acceptors (Lipinski definition) is 7. The first-order valence-corrected chi connectivity index (χ1v) is 11.3. The summed E-state index contributed by atoms with van der Waals surface area (Å²) < 4.78 is 7.56. The SMILES string of the molecule is CC(=O)c1cc(C(=O)NC2CC3CC[C@H](C2)N3SCC2CCN(C)CC2)no1. The Hall–Kier alpha value is -1.38. The third-order valence-electron chi connectivity index (χ3n) is 6.39. The van der Waals surface area contributed by atoms with Gasteiger partial charge in [0.2, 0.25) is 5.76 Å². The molecule has 4 heterocycles. The fraction of sp³-hybridized carbons (Fsp3) is 0.750. The van der Waals surface area contributed by atoms with E-state index < -0.39 is 0 Å². The van der Waals surface area contributed by atoms with Crippen molar-refractivity contribution in [1.29, 1.82) is 0 Å². The van der Waals surface area contributed by atoms with Gasteiger partial charge in [-0.25, -0.2) is 4.31 Å². The molecule has 4 rings (SSSR count). The van der Waals surface area contributed by atoms with E-state index >= 15 is 0 Å². The molecule has 154 valence electrons. The molecule has 1 aromatic heterocycles. The van der Waals surface area contributed by atoms with Crippen molar-refractivity contribution in [3.05, 3.63) is 17.5 Å². The van der Waals surface area contributed by atoms with E-state index in [-0.39, 0.29) is 29.2 Å². The molecule has 3 fully saturated rings. The summed E-state index contributed by atoms with van der Waals surface area (Å²) in [4.78, 5) is 26.2. The highest BCUT2D eigenvalue weighted by Crippen LogP contribution is 2.41. The highest BCUT2D eigenvalue weighted by Gasteiger charge is 2.42. The Morgan fingerprint density at radius 3 is 2.50 bits per heavy atom. The van der Waals surface area contributed by atoms with Gasteiger partial charge < -0.3 is 14.7 Å². The van der Waals surface area contributed by atoms with Gasteiger partial charge in [0.15, 0.2) is 11.5 Å². The zero-order chi connectivity index (χ0) is 19.7. The topological polar surface area (TPSA) is 78.7 Å². The highest BCUT2D eigenvalue weighted by atomic mass is 32.2. The van der Waals surface area contributed by atoms with Gasteiger partial charge in [-0.15, -0.1) is 0 Å². The Balaban J connectivity index is 1.27. The molecule has 0 aromatic carbocycles. The average molecular weight is 407 g/mol. The number of amides is 1. The molecular weight excluding hydrogens is 376 g/mol. The summed E-state index contributed by atoms with van der Waals surface area (Å²) in [6, 6.07) is 2.69. The van der Waals surface area contributed by atoms with Crippen molar-refractivity contribution in [3.8, 4) is 0 Å². The smallest absolute Gasteiger partial charge is 0.273 e. The summed E-state index contributed by atoms with van der Waals surface area (Å²) in [5.41, 5.74) is 0.191. The van der Waals surface area contributed by atoms with Gasteiger partial charge in [-0.2, -0.15) is 0 Å². The van der Waals surface area contributed by atoms with Crippen LogP contribution in [0.15, 0.2) is 10.6 Å². The first-order valence-electron chi connectivity index (χ1n) is 10.4. The minimum Gasteiger partial charge on any atom is -0.352 e. The molecule has 0 saturated carbocycles. The molecule has 0 spiro atoms. The normalized spacial score (nSPS) is 29.1. The van der Waals surface area contributed by atoms with E-state index in [4.69, 9.17) is 4.52 Å². The molecule has 0 aliphatic carbocycles. The number of hydrogen-bond donors (Lipinski definition) is 1. The van der Waals surface area contributed by atoms with Crippen LogP contribution in [0.2, 0.25) is 0 Å². The monoisotopic (exact) mass is 406 g/mol. The van der Waals surface area contributed by atoms with Gasteiger partial charge in [0.05, 0.1) is 0 Å². The van der Waals surface area contributed by atoms with Crippen LogP contribution in [0.1, 0.15) is 66.5 Å². The van der Waals surface area contributed by atoms with Crippen LogP contribution in [0.25, 0.3) is 0 Å². The van der Waals surface area contributed by atoms with E-state index in [0.717, 1.165) is 18.8 Å². The fourth-order valence-corrected chi connectivity index (χ4v) is 6.21. The fourth-order valence-electron chi connectivity index (χ4n) is 4.69. The second kappa shape index (κ2) is 8.55. The molecule has 3 aliphatic rings. The maximum Gasteiger partial charge on any atom is 0.273 e. The number of carbonyl (C=O) groups excluding carboxylic acids is 2. The van der Waals surface area contributed by atoms with Crippen molar-refractivity contribution in [2.45, 2.75) is 63.6 Å². The van der Waals surface area contributed by atoms with Crippen LogP contribution in [-0.4, -0.2) is 70.1 Å².